The summed E-state index contributed by atoms with van der Waals surface area (Å²) in [5, 5.41) is 12.5. The molecule has 0 heterocycles. The van der Waals surface area contributed by atoms with Crippen LogP contribution < -0.4 is 0 Å². The Balaban J connectivity index is -0.00000000500. The van der Waals surface area contributed by atoms with Crippen LogP contribution in [0.2, 0.25) is 0 Å². The van der Waals surface area contributed by atoms with Gasteiger partial charge in [0, 0.05) is 22.4 Å². The van der Waals surface area contributed by atoms with E-state index in [-0.39, 0.29) is 39.4 Å². The molecule has 4 heteroatoms. The second-order valence-electron chi connectivity index (χ2n) is 0. The van der Waals surface area contributed by atoms with E-state index in [0.717, 1.165) is 0 Å². The molecule has 0 amide bonds. The molecule has 0 N–H and O–H groups in total. The standard InChI is InChI=1S/2CN.Ag.Cu/c2*1-2;;/q2*-1;;+2. The molecule has 0 spiro atoms. The van der Waals surface area contributed by atoms with E-state index in [9.17, 15) is 0 Å². The van der Waals surface area contributed by atoms with E-state index in [4.69, 9.17) is 23.7 Å². The van der Waals surface area contributed by atoms with Crippen LogP contribution in [0.3, 0.4) is 0 Å². The number of hydrogen-bond donors (Lipinski definition) is 0. The van der Waals surface area contributed by atoms with Gasteiger partial charge in [0.15, 0.2) is 0 Å². The van der Waals surface area contributed by atoms with Crippen LogP contribution in [0.5, 0.6) is 0 Å². The summed E-state index contributed by atoms with van der Waals surface area (Å²) in [5.41, 5.74) is 0. The van der Waals surface area contributed by atoms with Crippen LogP contribution in [0.15, 0.2) is 0 Å². The minimum atomic E-state index is 0. The number of nitrogens with zero attached hydrogens (tertiary/aromatic N) is 2. The zero-order valence-corrected chi connectivity index (χ0v) is 4.92. The number of hydrogen-bond acceptors (Lipinski definition) is 2. The van der Waals surface area contributed by atoms with Gasteiger partial charge < -0.3 is 23.7 Å². The van der Waals surface area contributed by atoms with E-state index in [1.165, 1.54) is 0 Å². The molecule has 0 aliphatic carbocycles. The maximum absolute atomic E-state index is 6.25. The Labute approximate surface area is 63.1 Å². The first-order chi connectivity index (χ1) is 2.00. The Morgan fingerprint density at radius 2 is 0.833 bits per heavy atom. The third-order valence-electron chi connectivity index (χ3n) is 0. The molecule has 0 aliphatic rings. The molecular weight excluding hydrogens is 223 g/mol. The molecule has 0 rings (SSSR count). The molecule has 0 atom stereocenters. The predicted molar refractivity (Wildman–Crippen MR) is 9.94 cm³/mol. The molecular formula is C2AgCuN2. The molecule has 40 valence electrons. The zero-order chi connectivity index (χ0) is 4.00. The molecule has 0 bridgehead atoms. The maximum Gasteiger partial charge on any atom is 2.00 e. The smallest absolute Gasteiger partial charge is 0.512 e. The van der Waals surface area contributed by atoms with Crippen molar-refractivity contribution >= 4 is 0 Å². The topological polar surface area (TPSA) is 47.6 Å². The van der Waals surface area contributed by atoms with E-state index in [0.29, 0.717) is 0 Å². The summed E-state index contributed by atoms with van der Waals surface area (Å²) in [4.78, 5) is 0. The summed E-state index contributed by atoms with van der Waals surface area (Å²) in [6, 6.07) is 0. The van der Waals surface area contributed by atoms with E-state index in [2.05, 4.69) is 0 Å². The maximum atomic E-state index is 6.25. The average molecular weight is 223 g/mol. The number of rotatable bonds is 0. The summed E-state index contributed by atoms with van der Waals surface area (Å²) in [6.45, 7) is 9.50. The quantitative estimate of drug-likeness (QED) is 0.435. The molecule has 0 fully saturated rings. The van der Waals surface area contributed by atoms with Gasteiger partial charge in [0.1, 0.15) is 0 Å². The van der Waals surface area contributed by atoms with Gasteiger partial charge in [-0.05, 0) is 0 Å². The SMILES string of the molecule is [Ag].[C-]#N.[C-]#N.[Cu+2]. The molecule has 0 saturated heterocycles. The Hall–Kier alpha value is 0.240. The second-order valence-corrected chi connectivity index (χ2v) is 0. The van der Waals surface area contributed by atoms with Crippen LogP contribution in [0.25, 0.3) is 0 Å². The van der Waals surface area contributed by atoms with Gasteiger partial charge in [-0.15, -0.1) is 0 Å². The van der Waals surface area contributed by atoms with Crippen LogP contribution in [-0.4, -0.2) is 0 Å². The van der Waals surface area contributed by atoms with Gasteiger partial charge in [0.2, 0.25) is 0 Å². The first kappa shape index (κ1) is 34.2. The van der Waals surface area contributed by atoms with Gasteiger partial charge in [-0.3, -0.25) is 0 Å². The summed E-state index contributed by atoms with van der Waals surface area (Å²) in [5.74, 6) is 0. The summed E-state index contributed by atoms with van der Waals surface area (Å²) >= 11 is 0. The van der Waals surface area contributed by atoms with Gasteiger partial charge in [-0.1, -0.05) is 0 Å². The fourth-order valence-corrected chi connectivity index (χ4v) is 0. The van der Waals surface area contributed by atoms with Crippen molar-refractivity contribution in [1.82, 2.24) is 0 Å². The normalized spacial score (nSPS) is 0.667. The zero-order valence-electron chi connectivity index (χ0n) is 2.50. The second kappa shape index (κ2) is 1640. The first-order valence-electron chi connectivity index (χ1n) is 0.447. The Morgan fingerprint density at radius 3 is 0.833 bits per heavy atom. The Bertz CT molecular complexity index is 27.0. The minimum Gasteiger partial charge on any atom is -0.512 e. The van der Waals surface area contributed by atoms with Gasteiger partial charge >= 0.3 is 17.1 Å². The summed E-state index contributed by atoms with van der Waals surface area (Å²) < 4.78 is 0. The molecule has 0 saturated carbocycles. The fourth-order valence-electron chi connectivity index (χ4n) is 0. The molecule has 2 radical (unpaired) electrons. The summed E-state index contributed by atoms with van der Waals surface area (Å²) in [7, 11) is 0. The predicted octanol–water partition coefficient (Wildman–Crippen LogP) is 0.188. The van der Waals surface area contributed by atoms with Crippen molar-refractivity contribution in [3.63, 3.8) is 0 Å². The average Bonchev–Trinajstić information content (AvgIpc) is 1.50. The van der Waals surface area contributed by atoms with Gasteiger partial charge in [0.25, 0.3) is 0 Å². The molecule has 0 aromatic carbocycles. The van der Waals surface area contributed by atoms with Gasteiger partial charge in [-0.2, -0.15) is 0 Å². The first-order valence-corrected chi connectivity index (χ1v) is 0.447. The largest absolute Gasteiger partial charge is 2.00 e. The fraction of sp³-hybridized carbons (Fsp3) is 0. The van der Waals surface area contributed by atoms with E-state index >= 15 is 0 Å². The van der Waals surface area contributed by atoms with Crippen LogP contribution in [0, 0.1) is 23.7 Å². The third-order valence-corrected chi connectivity index (χ3v) is 0. The van der Waals surface area contributed by atoms with Crippen molar-refractivity contribution < 1.29 is 39.4 Å². The van der Waals surface area contributed by atoms with Crippen molar-refractivity contribution in [2.24, 2.45) is 0 Å². The Morgan fingerprint density at radius 1 is 0.833 bits per heavy atom. The van der Waals surface area contributed by atoms with Crippen molar-refractivity contribution in [3.8, 4) is 0 Å². The van der Waals surface area contributed by atoms with Crippen molar-refractivity contribution in [2.75, 3.05) is 0 Å². The van der Waals surface area contributed by atoms with Gasteiger partial charge in [-0.25, -0.2) is 0 Å². The minimum absolute atomic E-state index is 0. The third kappa shape index (κ3) is 774. The van der Waals surface area contributed by atoms with E-state index in [1.54, 1.807) is 0 Å². The molecule has 6 heavy (non-hydrogen) atoms. The monoisotopic (exact) mass is 222 g/mol. The van der Waals surface area contributed by atoms with Gasteiger partial charge in [0.05, 0.1) is 0 Å². The van der Waals surface area contributed by atoms with E-state index in [1.807, 2.05) is 0 Å². The van der Waals surface area contributed by atoms with Crippen LogP contribution in [0.4, 0.5) is 0 Å². The van der Waals surface area contributed by atoms with Crippen molar-refractivity contribution in [2.45, 2.75) is 0 Å². The van der Waals surface area contributed by atoms with Crippen molar-refractivity contribution in [3.05, 3.63) is 13.1 Å². The summed E-state index contributed by atoms with van der Waals surface area (Å²) in [6.07, 6.45) is 0. The van der Waals surface area contributed by atoms with Crippen LogP contribution in [-0.2, 0) is 39.4 Å². The van der Waals surface area contributed by atoms with Crippen LogP contribution in [0.1, 0.15) is 0 Å². The Kier molecular flexibility index (Phi) is 9330. The van der Waals surface area contributed by atoms with Crippen LogP contribution >= 0.6 is 0 Å². The van der Waals surface area contributed by atoms with E-state index < -0.39 is 0 Å². The molecule has 0 aliphatic heterocycles. The van der Waals surface area contributed by atoms with Crippen molar-refractivity contribution in [1.29, 1.82) is 10.5 Å². The molecule has 0 unspecified atom stereocenters. The molecule has 0 aromatic heterocycles. The molecule has 2 nitrogen and oxygen atoms in total. The molecule has 0 aromatic rings.